The van der Waals surface area contributed by atoms with Crippen molar-refractivity contribution in [3.8, 4) is 0 Å². The second-order valence-electron chi connectivity index (χ2n) is 2.53. The third-order valence-electron chi connectivity index (χ3n) is 1.65. The van der Waals surface area contributed by atoms with Crippen LogP contribution in [0.1, 0.15) is 15.9 Å². The molecule has 0 atom stereocenters. The highest BCUT2D eigenvalue weighted by atomic mass is 16.6. The molecule has 0 fully saturated rings. The number of carbonyl (C=O) groups is 1. The lowest BCUT2D eigenvalue weighted by atomic mass is 10.1. The van der Waals surface area contributed by atoms with E-state index >= 15 is 0 Å². The van der Waals surface area contributed by atoms with E-state index in [-0.39, 0.29) is 16.7 Å². The Labute approximate surface area is 79.3 Å². The predicted molar refractivity (Wildman–Crippen MR) is 48.4 cm³/mol. The standard InChI is InChI=1S/C8H7NO4.H2O/c1-5-3-2-4-6(8(10)11)7(5)9(12)13;/h2-4H,1H3,(H,10,11);1H2. The van der Waals surface area contributed by atoms with Crippen molar-refractivity contribution in [2.24, 2.45) is 0 Å². The maximum absolute atomic E-state index is 10.6. The SMILES string of the molecule is Cc1cccc(C(=O)O)c1[N+](=O)[O-].O. The van der Waals surface area contributed by atoms with Crippen LogP contribution in [0.25, 0.3) is 0 Å². The number of rotatable bonds is 2. The molecule has 6 heteroatoms. The van der Waals surface area contributed by atoms with Crippen LogP contribution in [0.2, 0.25) is 0 Å². The van der Waals surface area contributed by atoms with E-state index in [0.29, 0.717) is 5.56 Å². The summed E-state index contributed by atoms with van der Waals surface area (Å²) >= 11 is 0. The topological polar surface area (TPSA) is 112 Å². The Morgan fingerprint density at radius 2 is 2.07 bits per heavy atom. The second kappa shape index (κ2) is 4.33. The molecule has 0 radical (unpaired) electrons. The van der Waals surface area contributed by atoms with Gasteiger partial charge in [0.2, 0.25) is 0 Å². The Balaban J connectivity index is 0.00000169. The smallest absolute Gasteiger partial charge is 0.342 e. The third kappa shape index (κ3) is 2.05. The number of aromatic carboxylic acids is 1. The van der Waals surface area contributed by atoms with Gasteiger partial charge in [-0.2, -0.15) is 0 Å². The zero-order valence-corrected chi connectivity index (χ0v) is 7.35. The molecule has 3 N–H and O–H groups in total. The minimum absolute atomic E-state index is 0. The molecule has 14 heavy (non-hydrogen) atoms. The number of nitrogens with zero attached hydrogens (tertiary/aromatic N) is 1. The third-order valence-corrected chi connectivity index (χ3v) is 1.65. The lowest BCUT2D eigenvalue weighted by Gasteiger charge is -1.99. The molecular formula is C8H9NO5. The first-order valence-electron chi connectivity index (χ1n) is 3.51. The number of nitro groups is 1. The highest BCUT2D eigenvalue weighted by Gasteiger charge is 2.21. The normalized spacial score (nSPS) is 8.93. The van der Waals surface area contributed by atoms with Gasteiger partial charge in [0.1, 0.15) is 5.56 Å². The maximum atomic E-state index is 10.6. The fraction of sp³-hybridized carbons (Fsp3) is 0.125. The van der Waals surface area contributed by atoms with Crippen LogP contribution in [0.15, 0.2) is 18.2 Å². The fourth-order valence-electron chi connectivity index (χ4n) is 1.07. The van der Waals surface area contributed by atoms with Gasteiger partial charge in [0, 0.05) is 5.56 Å². The molecule has 0 bridgehead atoms. The highest BCUT2D eigenvalue weighted by molar-refractivity contribution is 5.92. The number of benzene rings is 1. The van der Waals surface area contributed by atoms with Gasteiger partial charge in [0.15, 0.2) is 0 Å². The average molecular weight is 199 g/mol. The van der Waals surface area contributed by atoms with Crippen molar-refractivity contribution >= 4 is 11.7 Å². The molecule has 0 aliphatic carbocycles. The average Bonchev–Trinajstić information content (AvgIpc) is 2.02. The highest BCUT2D eigenvalue weighted by Crippen LogP contribution is 2.22. The van der Waals surface area contributed by atoms with Gasteiger partial charge in [-0.3, -0.25) is 10.1 Å². The van der Waals surface area contributed by atoms with Crippen LogP contribution in [0.3, 0.4) is 0 Å². The molecule has 0 heterocycles. The van der Waals surface area contributed by atoms with E-state index in [1.54, 1.807) is 0 Å². The van der Waals surface area contributed by atoms with Crippen molar-refractivity contribution in [2.75, 3.05) is 0 Å². The summed E-state index contributed by atoms with van der Waals surface area (Å²) in [4.78, 5) is 20.4. The van der Waals surface area contributed by atoms with Crippen molar-refractivity contribution in [1.82, 2.24) is 0 Å². The molecule has 0 amide bonds. The van der Waals surface area contributed by atoms with Gasteiger partial charge < -0.3 is 10.6 Å². The summed E-state index contributed by atoms with van der Waals surface area (Å²) in [5.74, 6) is -1.28. The summed E-state index contributed by atoms with van der Waals surface area (Å²) in [6.45, 7) is 1.50. The Bertz CT molecular complexity index is 374. The molecule has 1 aromatic carbocycles. The van der Waals surface area contributed by atoms with Crippen molar-refractivity contribution in [3.05, 3.63) is 39.4 Å². The van der Waals surface area contributed by atoms with E-state index in [1.165, 1.54) is 25.1 Å². The van der Waals surface area contributed by atoms with Crippen LogP contribution in [0.4, 0.5) is 5.69 Å². The summed E-state index contributed by atoms with van der Waals surface area (Å²) < 4.78 is 0. The largest absolute Gasteiger partial charge is 0.477 e. The molecule has 0 aliphatic rings. The van der Waals surface area contributed by atoms with E-state index in [1.807, 2.05) is 0 Å². The summed E-state index contributed by atoms with van der Waals surface area (Å²) in [5, 5.41) is 19.1. The molecule has 0 saturated heterocycles. The molecule has 0 aliphatic heterocycles. The maximum Gasteiger partial charge on any atom is 0.342 e. The Morgan fingerprint density at radius 1 is 1.50 bits per heavy atom. The summed E-state index contributed by atoms with van der Waals surface area (Å²) in [6.07, 6.45) is 0. The van der Waals surface area contributed by atoms with Crippen LogP contribution in [-0.4, -0.2) is 21.5 Å². The fourth-order valence-corrected chi connectivity index (χ4v) is 1.07. The Kier molecular flexibility index (Phi) is 3.73. The Hall–Kier alpha value is -1.95. The lowest BCUT2D eigenvalue weighted by molar-refractivity contribution is -0.385. The van der Waals surface area contributed by atoms with Gasteiger partial charge in [-0.1, -0.05) is 12.1 Å². The van der Waals surface area contributed by atoms with Crippen molar-refractivity contribution in [2.45, 2.75) is 6.92 Å². The van der Waals surface area contributed by atoms with Crippen LogP contribution < -0.4 is 0 Å². The first-order valence-corrected chi connectivity index (χ1v) is 3.51. The quantitative estimate of drug-likeness (QED) is 0.559. The number of carboxylic acid groups (broad SMARTS) is 1. The van der Waals surface area contributed by atoms with E-state index in [9.17, 15) is 14.9 Å². The minimum atomic E-state index is -1.28. The minimum Gasteiger partial charge on any atom is -0.477 e. The molecule has 0 spiro atoms. The van der Waals surface area contributed by atoms with E-state index < -0.39 is 10.9 Å². The number of para-hydroxylation sites is 1. The lowest BCUT2D eigenvalue weighted by Crippen LogP contribution is -2.03. The van der Waals surface area contributed by atoms with Crippen molar-refractivity contribution < 1.29 is 20.3 Å². The molecule has 76 valence electrons. The van der Waals surface area contributed by atoms with Gasteiger partial charge in [-0.15, -0.1) is 0 Å². The number of carboxylic acids is 1. The molecular weight excluding hydrogens is 190 g/mol. The van der Waals surface area contributed by atoms with Gasteiger partial charge >= 0.3 is 5.97 Å². The van der Waals surface area contributed by atoms with E-state index in [2.05, 4.69) is 0 Å². The molecule has 0 aromatic heterocycles. The van der Waals surface area contributed by atoms with Gasteiger partial charge in [-0.25, -0.2) is 4.79 Å². The van der Waals surface area contributed by atoms with Crippen molar-refractivity contribution in [1.29, 1.82) is 0 Å². The van der Waals surface area contributed by atoms with Crippen LogP contribution in [-0.2, 0) is 0 Å². The zero-order chi connectivity index (χ0) is 10.0. The molecule has 1 aromatic rings. The van der Waals surface area contributed by atoms with Gasteiger partial charge in [0.25, 0.3) is 5.69 Å². The number of aryl methyl sites for hydroxylation is 1. The zero-order valence-electron chi connectivity index (χ0n) is 7.35. The number of hydrogen-bond acceptors (Lipinski definition) is 3. The molecule has 1 rings (SSSR count). The van der Waals surface area contributed by atoms with Crippen molar-refractivity contribution in [3.63, 3.8) is 0 Å². The molecule has 6 nitrogen and oxygen atoms in total. The van der Waals surface area contributed by atoms with E-state index in [0.717, 1.165) is 0 Å². The summed E-state index contributed by atoms with van der Waals surface area (Å²) in [7, 11) is 0. The Morgan fingerprint density at radius 3 is 2.43 bits per heavy atom. The monoisotopic (exact) mass is 199 g/mol. The molecule has 0 saturated carbocycles. The molecule has 0 unspecified atom stereocenters. The van der Waals surface area contributed by atoms with E-state index in [4.69, 9.17) is 5.11 Å². The first kappa shape index (κ1) is 12.0. The van der Waals surface area contributed by atoms with Crippen LogP contribution in [0, 0.1) is 17.0 Å². The first-order chi connectivity index (χ1) is 6.04. The number of hydrogen-bond donors (Lipinski definition) is 1. The summed E-state index contributed by atoms with van der Waals surface area (Å²) in [5.41, 5.74) is -0.259. The van der Waals surface area contributed by atoms with Gasteiger partial charge in [-0.05, 0) is 13.0 Å². The number of nitro benzene ring substituents is 1. The summed E-state index contributed by atoms with van der Waals surface area (Å²) in [6, 6.07) is 4.20. The second-order valence-corrected chi connectivity index (χ2v) is 2.53. The van der Waals surface area contributed by atoms with Crippen LogP contribution >= 0.6 is 0 Å². The predicted octanol–water partition coefficient (Wildman–Crippen LogP) is 0.777. The van der Waals surface area contributed by atoms with Gasteiger partial charge in [0.05, 0.1) is 4.92 Å². The van der Waals surface area contributed by atoms with Crippen LogP contribution in [0.5, 0.6) is 0 Å².